The molecule has 5 aromatic rings. The summed E-state index contributed by atoms with van der Waals surface area (Å²) in [6.45, 7) is 7.56. The Hall–Kier alpha value is -5.25. The zero-order chi connectivity index (χ0) is 39.5. The summed E-state index contributed by atoms with van der Waals surface area (Å²) >= 11 is 0. The molecule has 2 aliphatic rings. The van der Waals surface area contributed by atoms with Gasteiger partial charge >= 0.3 is 0 Å². The Balaban J connectivity index is 0.000000165. The van der Waals surface area contributed by atoms with Gasteiger partial charge in [0.2, 0.25) is 0 Å². The molecule has 2 heterocycles. The van der Waals surface area contributed by atoms with Crippen LogP contribution in [0.4, 0.5) is 0 Å². The Morgan fingerprint density at radius 3 is 1.57 bits per heavy atom. The summed E-state index contributed by atoms with van der Waals surface area (Å²) in [4.78, 5) is 0.475. The summed E-state index contributed by atoms with van der Waals surface area (Å²) in [6, 6.07) is 27.6. The van der Waals surface area contributed by atoms with E-state index in [0.717, 1.165) is 46.4 Å². The van der Waals surface area contributed by atoms with Crippen LogP contribution >= 0.6 is 0 Å². The van der Waals surface area contributed by atoms with E-state index in [1.165, 1.54) is 26.3 Å². The molecule has 7 rings (SSSR count). The van der Waals surface area contributed by atoms with Crippen LogP contribution in [0.5, 0.6) is 0 Å². The van der Waals surface area contributed by atoms with Crippen molar-refractivity contribution in [2.24, 2.45) is 0 Å². The third-order valence-electron chi connectivity index (χ3n) is 9.45. The molecule has 11 nitrogen and oxygen atoms in total. The van der Waals surface area contributed by atoms with Crippen LogP contribution in [0.15, 0.2) is 118 Å². The molecule has 14 heteroatoms. The first-order chi connectivity index (χ1) is 25.4. The van der Waals surface area contributed by atoms with Crippen LogP contribution in [0.1, 0.15) is 65.4 Å². The van der Waals surface area contributed by atoms with E-state index in [4.69, 9.17) is 9.81 Å². The molecule has 3 aromatic carbocycles. The molecule has 0 saturated heterocycles. The fourth-order valence-corrected chi connectivity index (χ4v) is 9.67. The summed E-state index contributed by atoms with van der Waals surface area (Å²) in [5, 5.41) is 18.6. The van der Waals surface area contributed by atoms with Crippen molar-refractivity contribution in [3.63, 3.8) is 0 Å². The molecule has 0 spiro atoms. The van der Waals surface area contributed by atoms with Crippen molar-refractivity contribution in [2.45, 2.75) is 79.9 Å². The summed E-state index contributed by atoms with van der Waals surface area (Å²) in [5.41, 5.74) is 5.94. The third-order valence-corrected chi connectivity index (χ3v) is 13.8. The lowest BCUT2D eigenvalue weighted by atomic mass is 9.75. The Bertz CT molecular complexity index is 2630. The molecule has 2 aliphatic carbocycles. The summed E-state index contributed by atoms with van der Waals surface area (Å²) in [6.07, 6.45) is 8.56. The van der Waals surface area contributed by atoms with Crippen LogP contribution in [0, 0.1) is 43.4 Å². The highest BCUT2D eigenvalue weighted by molar-refractivity contribution is 7.90. The third kappa shape index (κ3) is 8.27. The minimum Gasteiger partial charge on any atom is -0.282 e. The zero-order valence-corrected chi connectivity index (χ0v) is 32.7. The normalized spacial score (nSPS) is 16.5. The predicted octanol–water partition coefficient (Wildman–Crippen LogP) is 7.28. The van der Waals surface area contributed by atoms with E-state index in [-0.39, 0.29) is 14.7 Å². The maximum absolute atomic E-state index is 12.9. The Morgan fingerprint density at radius 1 is 0.648 bits per heavy atom. The number of allylic oxidation sites excluding steroid dienone is 2. The van der Waals surface area contributed by atoms with Crippen molar-refractivity contribution in [1.82, 2.24) is 7.94 Å². The lowest BCUT2D eigenvalue weighted by Crippen LogP contribution is -2.27. The van der Waals surface area contributed by atoms with E-state index in [9.17, 15) is 30.5 Å². The monoisotopic (exact) mass is 784 g/mol. The van der Waals surface area contributed by atoms with Crippen molar-refractivity contribution in [3.8, 4) is 12.1 Å². The van der Waals surface area contributed by atoms with Gasteiger partial charge in [-0.2, -0.15) is 18.9 Å². The molecule has 2 aromatic heterocycles. The quantitative estimate of drug-likeness (QED) is 0.179. The molecule has 0 saturated carbocycles. The number of hydrogen-bond donors (Lipinski definition) is 1. The van der Waals surface area contributed by atoms with Gasteiger partial charge in [-0.1, -0.05) is 59.2 Å². The number of rotatable bonds is 5. The molecule has 0 bridgehead atoms. The average molecular weight is 785 g/mol. The van der Waals surface area contributed by atoms with Gasteiger partial charge in [-0.3, -0.25) is 4.55 Å². The van der Waals surface area contributed by atoms with E-state index in [0.29, 0.717) is 30.5 Å². The molecule has 0 amide bonds. The van der Waals surface area contributed by atoms with E-state index < -0.39 is 35.6 Å². The first kappa shape index (κ1) is 39.9. The fourth-order valence-electron chi connectivity index (χ4n) is 6.37. The van der Waals surface area contributed by atoms with Crippen molar-refractivity contribution in [1.29, 1.82) is 10.5 Å². The van der Waals surface area contributed by atoms with Gasteiger partial charge < -0.3 is 0 Å². The lowest BCUT2D eigenvalue weighted by molar-refractivity contribution is 0.483. The summed E-state index contributed by atoms with van der Waals surface area (Å²) in [7, 11) is -11.2. The Labute approximate surface area is 317 Å². The number of hydrogen-bond acceptors (Lipinski definition) is 8. The minimum absolute atomic E-state index is 0.0666. The van der Waals surface area contributed by atoms with Crippen LogP contribution in [0.3, 0.4) is 0 Å². The minimum atomic E-state index is -4.02. The van der Waals surface area contributed by atoms with Gasteiger partial charge in [0.25, 0.3) is 30.2 Å². The topological polar surface area (TPSA) is 180 Å². The SMILES string of the molecule is Cc1ccc(S(=O)(=O)O)cc1.Cc1ccc(S(=O)(=O)n2ccc3c2CCC=C3C#N)cc1.Cc1ccc(S(=O)(=O)n2ccc3c2CCCC3(C)C#N)cc1. The number of fused-ring (bicyclic) bond motifs is 2. The molecule has 1 N–H and O–H groups in total. The number of nitriles is 2. The number of aromatic nitrogens is 2. The summed E-state index contributed by atoms with van der Waals surface area (Å²) in [5.74, 6) is 0. The van der Waals surface area contributed by atoms with Crippen molar-refractivity contribution < 1.29 is 29.8 Å². The second-order valence-corrected chi connectivity index (χ2v) is 18.5. The number of nitrogens with zero attached hydrogens (tertiary/aromatic N) is 4. The van der Waals surface area contributed by atoms with Gasteiger partial charge in [-0.05, 0) is 114 Å². The molecular formula is C40H40N4O7S3. The highest BCUT2D eigenvalue weighted by atomic mass is 32.2. The van der Waals surface area contributed by atoms with Crippen LogP contribution < -0.4 is 0 Å². The second-order valence-electron chi connectivity index (χ2n) is 13.4. The van der Waals surface area contributed by atoms with Crippen LogP contribution in [-0.4, -0.2) is 37.8 Å². The molecule has 1 atom stereocenters. The van der Waals surface area contributed by atoms with Crippen LogP contribution in [0.25, 0.3) is 5.57 Å². The van der Waals surface area contributed by atoms with Crippen molar-refractivity contribution in [2.75, 3.05) is 0 Å². The molecule has 0 aliphatic heterocycles. The highest BCUT2D eigenvalue weighted by Crippen LogP contribution is 2.38. The van der Waals surface area contributed by atoms with E-state index in [1.807, 2.05) is 33.8 Å². The molecule has 280 valence electrons. The van der Waals surface area contributed by atoms with E-state index in [1.54, 1.807) is 79.0 Å². The molecule has 0 fully saturated rings. The standard InChI is InChI=1S/C17H18N2O2S.C16H14N2O2S.C7H8O3S/c1-13-5-7-14(8-6-13)22(20,21)19-11-9-15-16(19)4-3-10-17(15,2)12-18;1-12-5-7-14(8-6-12)21(19,20)18-10-9-15-13(11-17)3-2-4-16(15)18;1-6-2-4-7(5-3-6)11(8,9)10/h5-9,11H,3-4,10H2,1-2H3;3,5-10H,2,4H2,1H3;2-5H,1H3,(H,8,9,10). The average Bonchev–Trinajstić information content (AvgIpc) is 3.79. The van der Waals surface area contributed by atoms with Gasteiger partial charge in [0.05, 0.1) is 37.8 Å². The lowest BCUT2D eigenvalue weighted by Gasteiger charge is -2.28. The van der Waals surface area contributed by atoms with E-state index >= 15 is 0 Å². The Kier molecular flexibility index (Phi) is 11.6. The fraction of sp³-hybridized carbons (Fsp3) is 0.250. The molecule has 54 heavy (non-hydrogen) atoms. The van der Waals surface area contributed by atoms with Gasteiger partial charge in [0, 0.05) is 29.3 Å². The highest BCUT2D eigenvalue weighted by Gasteiger charge is 2.36. The van der Waals surface area contributed by atoms with Crippen LogP contribution in [0.2, 0.25) is 0 Å². The Morgan fingerprint density at radius 2 is 1.11 bits per heavy atom. The van der Waals surface area contributed by atoms with Gasteiger partial charge in [0.1, 0.15) is 0 Å². The van der Waals surface area contributed by atoms with Gasteiger partial charge in [0.15, 0.2) is 0 Å². The van der Waals surface area contributed by atoms with Crippen molar-refractivity contribution >= 4 is 35.7 Å². The van der Waals surface area contributed by atoms with E-state index in [2.05, 4.69) is 12.1 Å². The first-order valence-electron chi connectivity index (χ1n) is 17.0. The smallest absolute Gasteiger partial charge is 0.282 e. The molecule has 1 unspecified atom stereocenters. The van der Waals surface area contributed by atoms with Crippen molar-refractivity contribution in [3.05, 3.63) is 143 Å². The number of aryl methyl sites for hydroxylation is 3. The molecule has 0 radical (unpaired) electrons. The number of benzene rings is 3. The largest absolute Gasteiger partial charge is 0.294 e. The van der Waals surface area contributed by atoms with Crippen LogP contribution in [-0.2, 0) is 48.4 Å². The van der Waals surface area contributed by atoms with Gasteiger partial charge in [-0.15, -0.1) is 0 Å². The maximum atomic E-state index is 12.9. The first-order valence-corrected chi connectivity index (χ1v) is 21.4. The van der Waals surface area contributed by atoms with Gasteiger partial charge in [-0.25, -0.2) is 24.8 Å². The summed E-state index contributed by atoms with van der Waals surface area (Å²) < 4.78 is 83.4. The zero-order valence-electron chi connectivity index (χ0n) is 30.3. The second kappa shape index (κ2) is 15.6. The molecular weight excluding hydrogens is 745 g/mol. The maximum Gasteiger partial charge on any atom is 0.294 e. The predicted molar refractivity (Wildman–Crippen MR) is 205 cm³/mol.